The van der Waals surface area contributed by atoms with Gasteiger partial charge >= 0.3 is 0 Å². The fraction of sp³-hybridized carbons (Fsp3) is 0.263. The number of hydrogen-bond donors (Lipinski definition) is 4. The van der Waals surface area contributed by atoms with Crippen LogP contribution in [0.15, 0.2) is 42.5 Å². The number of aromatic hydroxyl groups is 1. The van der Waals surface area contributed by atoms with Gasteiger partial charge in [0.1, 0.15) is 17.4 Å². The molecule has 2 heterocycles. The van der Waals surface area contributed by atoms with E-state index in [1.54, 1.807) is 0 Å². The molecule has 6 nitrogen and oxygen atoms in total. The van der Waals surface area contributed by atoms with Crippen molar-refractivity contribution in [2.75, 3.05) is 25.0 Å². The molecule has 2 aromatic carbocycles. The van der Waals surface area contributed by atoms with Crippen LogP contribution in [0.1, 0.15) is 0 Å². The van der Waals surface area contributed by atoms with Crippen molar-refractivity contribution >= 4 is 16.7 Å². The molecule has 0 unspecified atom stereocenters. The van der Waals surface area contributed by atoms with Crippen molar-refractivity contribution in [1.82, 2.24) is 15.3 Å². The highest BCUT2D eigenvalue weighted by atomic mass is 19.1. The highest BCUT2D eigenvalue weighted by Gasteiger charge is 2.27. The van der Waals surface area contributed by atoms with E-state index in [9.17, 15) is 14.6 Å². The number of para-hydroxylation sites is 1. The molecule has 1 fully saturated rings. The third-order valence-corrected chi connectivity index (χ3v) is 4.70. The standard InChI is InChI=1S/C19H19FN4O2/c20-12-5-6-17(26)14(7-12)19-22-15-4-2-1-3-13(15)18(24-19)23-16-9-21-8-11(16)10-25/h1-7,11,16,21,25-26H,8-10H2,(H,22,23,24)/t11-,16+/m1/s1. The van der Waals surface area contributed by atoms with Crippen molar-refractivity contribution in [2.45, 2.75) is 6.04 Å². The second-order valence-electron chi connectivity index (χ2n) is 6.43. The van der Waals surface area contributed by atoms with Gasteiger partial charge in [0, 0.05) is 37.0 Å². The normalized spacial score (nSPS) is 19.8. The summed E-state index contributed by atoms with van der Waals surface area (Å²) in [7, 11) is 0. The second kappa shape index (κ2) is 6.86. The van der Waals surface area contributed by atoms with Crippen molar-refractivity contribution in [2.24, 2.45) is 5.92 Å². The molecule has 26 heavy (non-hydrogen) atoms. The summed E-state index contributed by atoms with van der Waals surface area (Å²) in [4.78, 5) is 9.03. The molecule has 0 amide bonds. The molecular weight excluding hydrogens is 335 g/mol. The molecular formula is C19H19FN4O2. The molecule has 4 rings (SSSR count). The number of nitrogens with zero attached hydrogens (tertiary/aromatic N) is 2. The largest absolute Gasteiger partial charge is 0.507 e. The molecule has 0 bridgehead atoms. The molecule has 7 heteroatoms. The second-order valence-corrected chi connectivity index (χ2v) is 6.43. The minimum Gasteiger partial charge on any atom is -0.507 e. The lowest BCUT2D eigenvalue weighted by molar-refractivity contribution is 0.231. The number of halogens is 1. The maximum absolute atomic E-state index is 13.7. The first-order chi connectivity index (χ1) is 12.7. The summed E-state index contributed by atoms with van der Waals surface area (Å²) < 4.78 is 13.7. The summed E-state index contributed by atoms with van der Waals surface area (Å²) in [5.41, 5.74) is 0.928. The van der Waals surface area contributed by atoms with E-state index in [0.29, 0.717) is 17.9 Å². The fourth-order valence-corrected chi connectivity index (χ4v) is 3.26. The Balaban J connectivity index is 1.82. The van der Waals surface area contributed by atoms with Gasteiger partial charge in [-0.3, -0.25) is 0 Å². The molecule has 0 aliphatic carbocycles. The molecule has 3 aromatic rings. The number of nitrogens with one attached hydrogen (secondary N) is 2. The first-order valence-corrected chi connectivity index (χ1v) is 8.49. The molecule has 0 radical (unpaired) electrons. The van der Waals surface area contributed by atoms with Crippen LogP contribution in [0.4, 0.5) is 10.2 Å². The smallest absolute Gasteiger partial charge is 0.165 e. The van der Waals surface area contributed by atoms with Crippen molar-refractivity contribution in [3.8, 4) is 17.1 Å². The zero-order valence-corrected chi connectivity index (χ0v) is 14.0. The number of aliphatic hydroxyl groups excluding tert-OH is 1. The van der Waals surface area contributed by atoms with Gasteiger partial charge in [0.2, 0.25) is 0 Å². The van der Waals surface area contributed by atoms with E-state index in [2.05, 4.69) is 20.6 Å². The summed E-state index contributed by atoms with van der Waals surface area (Å²) in [6, 6.07) is 11.2. The number of hydrogen-bond acceptors (Lipinski definition) is 6. The van der Waals surface area contributed by atoms with Crippen LogP contribution in [0.3, 0.4) is 0 Å². The SMILES string of the molecule is OC[C@H]1CNC[C@@H]1Nc1nc(-c2cc(F)ccc2O)nc2ccccc12. The number of phenols is 1. The third-order valence-electron chi connectivity index (χ3n) is 4.70. The Labute approximate surface area is 149 Å². The van der Waals surface area contributed by atoms with E-state index in [4.69, 9.17) is 0 Å². The first-order valence-electron chi connectivity index (χ1n) is 8.49. The molecule has 1 aromatic heterocycles. The quantitative estimate of drug-likeness (QED) is 0.574. The number of aromatic nitrogens is 2. The van der Waals surface area contributed by atoms with Gasteiger partial charge in [-0.2, -0.15) is 0 Å². The van der Waals surface area contributed by atoms with Gasteiger partial charge in [-0.15, -0.1) is 0 Å². The van der Waals surface area contributed by atoms with Gasteiger partial charge < -0.3 is 20.8 Å². The minimum absolute atomic E-state index is 0.0206. The lowest BCUT2D eigenvalue weighted by atomic mass is 10.0. The van der Waals surface area contributed by atoms with E-state index < -0.39 is 5.82 Å². The first kappa shape index (κ1) is 16.7. The Hall–Kier alpha value is -2.77. The number of benzene rings is 2. The Kier molecular flexibility index (Phi) is 4.40. The summed E-state index contributed by atoms with van der Waals surface area (Å²) in [6.45, 7) is 1.52. The van der Waals surface area contributed by atoms with E-state index in [1.807, 2.05) is 24.3 Å². The van der Waals surface area contributed by atoms with Crippen LogP contribution in [-0.2, 0) is 0 Å². The Morgan fingerprint density at radius 3 is 2.85 bits per heavy atom. The number of fused-ring (bicyclic) bond motifs is 1. The van der Waals surface area contributed by atoms with E-state index in [0.717, 1.165) is 11.9 Å². The van der Waals surface area contributed by atoms with Gasteiger partial charge in [0.05, 0.1) is 11.1 Å². The number of anilines is 1. The molecule has 2 atom stereocenters. The van der Waals surface area contributed by atoms with Crippen molar-refractivity contribution in [3.63, 3.8) is 0 Å². The van der Waals surface area contributed by atoms with E-state index in [-0.39, 0.29) is 35.7 Å². The van der Waals surface area contributed by atoms with Crippen molar-refractivity contribution in [1.29, 1.82) is 0 Å². The average molecular weight is 354 g/mol. The van der Waals surface area contributed by atoms with Crippen LogP contribution in [0.5, 0.6) is 5.75 Å². The molecule has 0 spiro atoms. The minimum atomic E-state index is -0.468. The van der Waals surface area contributed by atoms with Gasteiger partial charge in [-0.25, -0.2) is 14.4 Å². The zero-order valence-electron chi connectivity index (χ0n) is 14.0. The van der Waals surface area contributed by atoms with Crippen LogP contribution in [0.25, 0.3) is 22.3 Å². The van der Waals surface area contributed by atoms with Crippen LogP contribution in [-0.4, -0.2) is 45.9 Å². The maximum atomic E-state index is 13.7. The molecule has 4 N–H and O–H groups in total. The van der Waals surface area contributed by atoms with Crippen LogP contribution >= 0.6 is 0 Å². The van der Waals surface area contributed by atoms with Gasteiger partial charge in [0.25, 0.3) is 0 Å². The molecule has 1 aliphatic heterocycles. The summed E-state index contributed by atoms with van der Waals surface area (Å²) in [5.74, 6) is 0.374. The zero-order chi connectivity index (χ0) is 18.1. The lowest BCUT2D eigenvalue weighted by Crippen LogP contribution is -2.30. The molecule has 0 saturated carbocycles. The Bertz CT molecular complexity index is 950. The average Bonchev–Trinajstić information content (AvgIpc) is 3.11. The van der Waals surface area contributed by atoms with E-state index in [1.165, 1.54) is 18.2 Å². The number of aliphatic hydroxyl groups is 1. The Morgan fingerprint density at radius 1 is 1.15 bits per heavy atom. The van der Waals surface area contributed by atoms with Crippen molar-refractivity contribution in [3.05, 3.63) is 48.3 Å². The fourth-order valence-electron chi connectivity index (χ4n) is 3.26. The van der Waals surface area contributed by atoms with Crippen LogP contribution in [0.2, 0.25) is 0 Å². The summed E-state index contributed by atoms with van der Waals surface area (Å²) >= 11 is 0. The predicted molar refractivity (Wildman–Crippen MR) is 97.5 cm³/mol. The van der Waals surface area contributed by atoms with Gasteiger partial charge in [-0.05, 0) is 30.3 Å². The molecule has 1 aliphatic rings. The molecule has 134 valence electrons. The van der Waals surface area contributed by atoms with Crippen LogP contribution in [0, 0.1) is 11.7 Å². The monoisotopic (exact) mass is 354 g/mol. The third kappa shape index (κ3) is 3.07. The van der Waals surface area contributed by atoms with Gasteiger partial charge in [-0.1, -0.05) is 12.1 Å². The topological polar surface area (TPSA) is 90.3 Å². The maximum Gasteiger partial charge on any atom is 0.165 e. The highest BCUT2D eigenvalue weighted by Crippen LogP contribution is 2.31. The van der Waals surface area contributed by atoms with Crippen molar-refractivity contribution < 1.29 is 14.6 Å². The van der Waals surface area contributed by atoms with Gasteiger partial charge in [0.15, 0.2) is 5.82 Å². The predicted octanol–water partition coefficient (Wildman–Crippen LogP) is 2.13. The number of phenolic OH excluding ortho intramolecular Hbond substituents is 1. The summed E-state index contributed by atoms with van der Waals surface area (Å²) in [6.07, 6.45) is 0. The highest BCUT2D eigenvalue weighted by molar-refractivity contribution is 5.91. The summed E-state index contributed by atoms with van der Waals surface area (Å²) in [5, 5.41) is 27.1. The lowest BCUT2D eigenvalue weighted by Gasteiger charge is -2.20. The van der Waals surface area contributed by atoms with E-state index >= 15 is 0 Å². The molecule has 1 saturated heterocycles. The number of rotatable bonds is 4. The van der Waals surface area contributed by atoms with Crippen LogP contribution < -0.4 is 10.6 Å². The Morgan fingerprint density at radius 2 is 2.00 bits per heavy atom.